The van der Waals surface area contributed by atoms with Crippen molar-refractivity contribution in [2.75, 3.05) is 0 Å². The molecule has 0 amide bonds. The van der Waals surface area contributed by atoms with Gasteiger partial charge in [-0.3, -0.25) is 0 Å². The van der Waals surface area contributed by atoms with Crippen molar-refractivity contribution in [1.82, 2.24) is 9.97 Å². The van der Waals surface area contributed by atoms with E-state index < -0.39 is 0 Å². The molecule has 2 heteroatoms. The molecule has 2 nitrogen and oxygen atoms in total. The highest BCUT2D eigenvalue weighted by atomic mass is 14.9. The molecule has 110 valence electrons. The number of hydrogen-bond donors (Lipinski definition) is 1. The molecule has 0 unspecified atom stereocenters. The Balaban J connectivity index is 1.84. The maximum absolute atomic E-state index is 4.70. The molecule has 0 aliphatic heterocycles. The van der Waals surface area contributed by atoms with E-state index in [1.54, 1.807) is 0 Å². The first-order valence-electron chi connectivity index (χ1n) is 7.49. The lowest BCUT2D eigenvalue weighted by atomic mass is 9.96. The summed E-state index contributed by atoms with van der Waals surface area (Å²) in [6, 6.07) is 16.7. The van der Waals surface area contributed by atoms with Crippen LogP contribution in [-0.2, 0) is 6.42 Å². The van der Waals surface area contributed by atoms with Crippen LogP contribution in [0.2, 0.25) is 0 Å². The minimum Gasteiger partial charge on any atom is -0.348 e. The third kappa shape index (κ3) is 2.86. The number of nitrogens with one attached hydrogen (secondary N) is 1. The van der Waals surface area contributed by atoms with Crippen LogP contribution in [0.15, 0.2) is 61.3 Å². The highest BCUT2D eigenvalue weighted by molar-refractivity contribution is 5.78. The number of rotatable bonds is 4. The van der Waals surface area contributed by atoms with Crippen molar-refractivity contribution in [3.05, 3.63) is 95.1 Å². The molecular formula is C20H20N2. The maximum atomic E-state index is 4.70. The van der Waals surface area contributed by atoms with Crippen molar-refractivity contribution >= 4 is 5.57 Å². The van der Waals surface area contributed by atoms with Gasteiger partial charge in [0.25, 0.3) is 0 Å². The molecule has 0 aliphatic carbocycles. The van der Waals surface area contributed by atoms with Crippen LogP contribution in [0.25, 0.3) is 5.57 Å². The van der Waals surface area contributed by atoms with E-state index in [9.17, 15) is 0 Å². The van der Waals surface area contributed by atoms with E-state index in [0.29, 0.717) is 0 Å². The Kier molecular flexibility index (Phi) is 3.92. The summed E-state index contributed by atoms with van der Waals surface area (Å²) in [7, 11) is 0. The van der Waals surface area contributed by atoms with E-state index in [1.807, 2.05) is 24.4 Å². The van der Waals surface area contributed by atoms with Crippen molar-refractivity contribution in [1.29, 1.82) is 0 Å². The summed E-state index contributed by atoms with van der Waals surface area (Å²) in [5.74, 6) is 0.965. The summed E-state index contributed by atoms with van der Waals surface area (Å²) in [5, 5.41) is 0. The Labute approximate surface area is 131 Å². The number of imidazole rings is 1. The molecule has 0 spiro atoms. The summed E-state index contributed by atoms with van der Waals surface area (Å²) in [6.45, 7) is 8.49. The van der Waals surface area contributed by atoms with E-state index >= 15 is 0 Å². The van der Waals surface area contributed by atoms with E-state index in [4.69, 9.17) is 4.98 Å². The number of hydrogen-bond acceptors (Lipinski definition) is 1. The number of aryl methyl sites for hydroxylation is 1. The topological polar surface area (TPSA) is 28.7 Å². The van der Waals surface area contributed by atoms with Gasteiger partial charge in [-0.05, 0) is 36.1 Å². The summed E-state index contributed by atoms with van der Waals surface area (Å²) >= 11 is 0. The SMILES string of the molecule is C=C(c1c[nH]c(Cc2ccccc2)n1)c1cccc(C)c1C. The summed E-state index contributed by atoms with van der Waals surface area (Å²) < 4.78 is 0. The van der Waals surface area contributed by atoms with Crippen LogP contribution in [0, 0.1) is 13.8 Å². The summed E-state index contributed by atoms with van der Waals surface area (Å²) in [4.78, 5) is 7.96. The second kappa shape index (κ2) is 6.02. The average Bonchev–Trinajstić information content (AvgIpc) is 2.99. The predicted molar refractivity (Wildman–Crippen MR) is 91.9 cm³/mol. The van der Waals surface area contributed by atoms with Crippen molar-refractivity contribution in [2.24, 2.45) is 0 Å². The first-order valence-corrected chi connectivity index (χ1v) is 7.49. The van der Waals surface area contributed by atoms with Gasteiger partial charge >= 0.3 is 0 Å². The zero-order valence-corrected chi connectivity index (χ0v) is 13.1. The molecule has 1 N–H and O–H groups in total. The Hall–Kier alpha value is -2.61. The maximum Gasteiger partial charge on any atom is 0.111 e. The summed E-state index contributed by atoms with van der Waals surface area (Å²) in [6.07, 6.45) is 2.75. The third-order valence-electron chi connectivity index (χ3n) is 4.08. The Morgan fingerprint density at radius 2 is 1.82 bits per heavy atom. The number of nitrogens with zero attached hydrogens (tertiary/aromatic N) is 1. The lowest BCUT2D eigenvalue weighted by Gasteiger charge is -2.09. The van der Waals surface area contributed by atoms with Crippen LogP contribution in [0.3, 0.4) is 0 Å². The molecule has 0 saturated carbocycles. The van der Waals surface area contributed by atoms with Crippen molar-refractivity contribution in [2.45, 2.75) is 20.3 Å². The molecule has 2 aromatic carbocycles. The van der Waals surface area contributed by atoms with Crippen LogP contribution < -0.4 is 0 Å². The normalized spacial score (nSPS) is 10.6. The van der Waals surface area contributed by atoms with Crippen LogP contribution in [0.5, 0.6) is 0 Å². The molecule has 0 saturated heterocycles. The fraction of sp³-hybridized carbons (Fsp3) is 0.150. The van der Waals surface area contributed by atoms with E-state index in [0.717, 1.165) is 29.1 Å². The quantitative estimate of drug-likeness (QED) is 0.742. The second-order valence-electron chi connectivity index (χ2n) is 5.62. The standard InChI is InChI=1S/C20H20N2/c1-14-8-7-11-18(15(14)2)16(3)19-13-21-20(22-19)12-17-9-5-4-6-10-17/h4-11,13H,3,12H2,1-2H3,(H,21,22). The zero-order valence-electron chi connectivity index (χ0n) is 13.1. The number of H-pyrrole nitrogens is 1. The van der Waals surface area contributed by atoms with Gasteiger partial charge in [-0.1, -0.05) is 55.1 Å². The molecule has 0 atom stereocenters. The molecule has 1 aromatic heterocycles. The van der Waals surface area contributed by atoms with E-state index in [1.165, 1.54) is 16.7 Å². The molecule has 0 bridgehead atoms. The first kappa shape index (κ1) is 14.3. The van der Waals surface area contributed by atoms with Crippen molar-refractivity contribution in [3.8, 4) is 0 Å². The highest BCUT2D eigenvalue weighted by Gasteiger charge is 2.10. The van der Waals surface area contributed by atoms with Crippen LogP contribution >= 0.6 is 0 Å². The monoisotopic (exact) mass is 288 g/mol. The van der Waals surface area contributed by atoms with Gasteiger partial charge in [0.1, 0.15) is 5.82 Å². The average molecular weight is 288 g/mol. The van der Waals surface area contributed by atoms with Gasteiger partial charge in [-0.25, -0.2) is 4.98 Å². The summed E-state index contributed by atoms with van der Waals surface area (Å²) in [5.41, 5.74) is 6.84. The second-order valence-corrected chi connectivity index (χ2v) is 5.62. The van der Waals surface area contributed by atoms with Gasteiger partial charge < -0.3 is 4.98 Å². The first-order chi connectivity index (χ1) is 10.6. The Morgan fingerprint density at radius 1 is 1.05 bits per heavy atom. The zero-order chi connectivity index (χ0) is 15.5. The number of aromatic nitrogens is 2. The molecule has 0 fully saturated rings. The minimum atomic E-state index is 0.806. The molecule has 3 rings (SSSR count). The van der Waals surface area contributed by atoms with Gasteiger partial charge in [0.2, 0.25) is 0 Å². The molecule has 22 heavy (non-hydrogen) atoms. The molecular weight excluding hydrogens is 268 g/mol. The van der Waals surface area contributed by atoms with Gasteiger partial charge in [-0.15, -0.1) is 0 Å². The van der Waals surface area contributed by atoms with Crippen molar-refractivity contribution in [3.63, 3.8) is 0 Å². The molecule has 3 aromatic rings. The van der Waals surface area contributed by atoms with Gasteiger partial charge in [0, 0.05) is 18.2 Å². The lowest BCUT2D eigenvalue weighted by Crippen LogP contribution is -1.94. The Morgan fingerprint density at radius 3 is 2.59 bits per heavy atom. The van der Waals surface area contributed by atoms with E-state index in [-0.39, 0.29) is 0 Å². The van der Waals surface area contributed by atoms with Crippen molar-refractivity contribution < 1.29 is 0 Å². The fourth-order valence-electron chi connectivity index (χ4n) is 2.61. The lowest BCUT2D eigenvalue weighted by molar-refractivity contribution is 1.02. The van der Waals surface area contributed by atoms with Gasteiger partial charge in [0.15, 0.2) is 0 Å². The fourth-order valence-corrected chi connectivity index (χ4v) is 2.61. The highest BCUT2D eigenvalue weighted by Crippen LogP contribution is 2.25. The molecule has 1 heterocycles. The minimum absolute atomic E-state index is 0.806. The third-order valence-corrected chi connectivity index (χ3v) is 4.08. The van der Waals surface area contributed by atoms with Crippen LogP contribution in [0.1, 0.15) is 33.8 Å². The molecule has 0 aliphatic rings. The molecule has 0 radical (unpaired) electrons. The van der Waals surface area contributed by atoms with Crippen LogP contribution in [-0.4, -0.2) is 9.97 Å². The van der Waals surface area contributed by atoms with E-state index in [2.05, 4.69) is 55.7 Å². The van der Waals surface area contributed by atoms with Crippen LogP contribution in [0.4, 0.5) is 0 Å². The van der Waals surface area contributed by atoms with Gasteiger partial charge in [-0.2, -0.15) is 0 Å². The number of benzene rings is 2. The van der Waals surface area contributed by atoms with Gasteiger partial charge in [0.05, 0.1) is 5.69 Å². The number of aromatic amines is 1. The predicted octanol–water partition coefficient (Wildman–Crippen LogP) is 4.68. The smallest absolute Gasteiger partial charge is 0.111 e. The largest absolute Gasteiger partial charge is 0.348 e. The Bertz CT molecular complexity index is 798.